The van der Waals surface area contributed by atoms with Gasteiger partial charge in [0.2, 0.25) is 0 Å². The Labute approximate surface area is 144 Å². The zero-order chi connectivity index (χ0) is 18.0. The number of halogens is 4. The van der Waals surface area contributed by atoms with E-state index in [1.165, 1.54) is 30.5 Å². The molecule has 2 aromatic carbocycles. The number of rotatable bonds is 5. The summed E-state index contributed by atoms with van der Waals surface area (Å²) >= 11 is 0.973. The van der Waals surface area contributed by atoms with Gasteiger partial charge in [-0.25, -0.2) is 22.5 Å². The summed E-state index contributed by atoms with van der Waals surface area (Å²) in [6, 6.07) is 7.06. The average molecular weight is 368 g/mol. The molecule has 0 aliphatic carbocycles. The van der Waals surface area contributed by atoms with Crippen molar-refractivity contribution in [3.05, 3.63) is 77.1 Å². The lowest BCUT2D eigenvalue weighted by Crippen LogP contribution is -2.03. The van der Waals surface area contributed by atoms with Crippen LogP contribution < -0.4 is 0 Å². The van der Waals surface area contributed by atoms with Gasteiger partial charge >= 0.3 is 0 Å². The van der Waals surface area contributed by atoms with Gasteiger partial charge in [-0.1, -0.05) is 11.8 Å². The lowest BCUT2D eigenvalue weighted by atomic mass is 10.2. The molecule has 0 spiro atoms. The van der Waals surface area contributed by atoms with Gasteiger partial charge in [0.05, 0.1) is 18.5 Å². The van der Waals surface area contributed by atoms with E-state index in [0.717, 1.165) is 23.9 Å². The zero-order valence-corrected chi connectivity index (χ0v) is 13.5. The Morgan fingerprint density at radius 1 is 0.960 bits per heavy atom. The predicted molar refractivity (Wildman–Crippen MR) is 85.3 cm³/mol. The minimum Gasteiger partial charge on any atom is -0.390 e. The quantitative estimate of drug-likeness (QED) is 0.416. The molecule has 25 heavy (non-hydrogen) atoms. The largest absolute Gasteiger partial charge is 0.390 e. The summed E-state index contributed by atoms with van der Waals surface area (Å²) in [5.74, 6) is -3.84. The maximum absolute atomic E-state index is 13.8. The molecule has 0 unspecified atom stereocenters. The molecule has 1 heterocycles. The van der Waals surface area contributed by atoms with Crippen molar-refractivity contribution in [3.63, 3.8) is 0 Å². The molecule has 1 N–H and O–H groups in total. The lowest BCUT2D eigenvalue weighted by Gasteiger charge is -2.11. The van der Waals surface area contributed by atoms with Gasteiger partial charge < -0.3 is 5.11 Å². The molecule has 0 atom stereocenters. The van der Waals surface area contributed by atoms with Crippen LogP contribution in [-0.2, 0) is 12.4 Å². The van der Waals surface area contributed by atoms with Crippen LogP contribution in [0.15, 0.2) is 47.8 Å². The first kappa shape index (κ1) is 17.5. The molecular weight excluding hydrogens is 356 g/mol. The summed E-state index contributed by atoms with van der Waals surface area (Å²) in [4.78, 5) is 4.12. The Balaban J connectivity index is 1.93. The van der Waals surface area contributed by atoms with Crippen molar-refractivity contribution in [1.29, 1.82) is 0 Å². The number of aliphatic hydroxyl groups is 1. The van der Waals surface area contributed by atoms with E-state index in [-0.39, 0.29) is 12.4 Å². The third-order valence-corrected chi connectivity index (χ3v) is 4.51. The molecule has 8 heteroatoms. The van der Waals surface area contributed by atoms with Crippen molar-refractivity contribution >= 4 is 11.8 Å². The van der Waals surface area contributed by atoms with Crippen LogP contribution in [0.25, 0.3) is 5.69 Å². The minimum absolute atomic E-state index is 0.196. The van der Waals surface area contributed by atoms with E-state index in [1.54, 1.807) is 4.57 Å². The normalized spacial score (nSPS) is 11.1. The molecule has 0 radical (unpaired) electrons. The first-order valence-corrected chi connectivity index (χ1v) is 8.18. The van der Waals surface area contributed by atoms with Crippen molar-refractivity contribution < 1.29 is 22.7 Å². The number of thioether (sulfide) groups is 1. The van der Waals surface area contributed by atoms with E-state index in [9.17, 15) is 22.7 Å². The lowest BCUT2D eigenvalue weighted by molar-refractivity contribution is 0.274. The Bertz CT molecular complexity index is 896. The highest BCUT2D eigenvalue weighted by molar-refractivity contribution is 7.98. The minimum atomic E-state index is -1.24. The van der Waals surface area contributed by atoms with Crippen LogP contribution in [0, 0.1) is 23.3 Å². The number of hydrogen-bond donors (Lipinski definition) is 1. The van der Waals surface area contributed by atoms with E-state index in [0.29, 0.717) is 16.5 Å². The first-order valence-electron chi connectivity index (χ1n) is 7.20. The fraction of sp³-hybridized carbons (Fsp3) is 0.118. The van der Waals surface area contributed by atoms with E-state index in [2.05, 4.69) is 4.98 Å². The fourth-order valence-electron chi connectivity index (χ4n) is 2.29. The van der Waals surface area contributed by atoms with Crippen LogP contribution in [0.1, 0.15) is 11.3 Å². The second-order valence-corrected chi connectivity index (χ2v) is 6.05. The van der Waals surface area contributed by atoms with Gasteiger partial charge in [0.15, 0.2) is 16.8 Å². The molecule has 0 fully saturated rings. The SMILES string of the molecule is OCc1cnc(SCc2c(F)ccc(F)c2F)n1-c1ccc(F)cc1. The Hall–Kier alpha value is -2.32. The molecule has 0 aliphatic rings. The standard InChI is InChI=1S/C17H12F4N2OS/c18-10-1-3-11(4-2-10)23-12(8-24)7-22-17(23)25-9-13-14(19)5-6-15(20)16(13)21/h1-7,24H,8-9H2. The fourth-order valence-corrected chi connectivity index (χ4v) is 3.30. The molecule has 0 aliphatic heterocycles. The summed E-state index contributed by atoms with van der Waals surface area (Å²) in [6.07, 6.45) is 1.41. The van der Waals surface area contributed by atoms with Gasteiger partial charge in [-0.3, -0.25) is 4.57 Å². The molecule has 0 amide bonds. The Morgan fingerprint density at radius 2 is 1.64 bits per heavy atom. The van der Waals surface area contributed by atoms with Gasteiger partial charge in [0.25, 0.3) is 0 Å². The number of hydrogen-bond acceptors (Lipinski definition) is 3. The van der Waals surface area contributed by atoms with Crippen molar-refractivity contribution in [2.45, 2.75) is 17.5 Å². The van der Waals surface area contributed by atoms with E-state index in [4.69, 9.17) is 0 Å². The number of aromatic nitrogens is 2. The van der Waals surface area contributed by atoms with Gasteiger partial charge in [-0.2, -0.15) is 0 Å². The Kier molecular flexibility index (Phi) is 5.10. The van der Waals surface area contributed by atoms with Crippen molar-refractivity contribution in [2.75, 3.05) is 0 Å². The van der Waals surface area contributed by atoms with Gasteiger partial charge in [-0.15, -0.1) is 0 Å². The molecule has 3 nitrogen and oxygen atoms in total. The number of imidazole rings is 1. The summed E-state index contributed by atoms with van der Waals surface area (Å²) < 4.78 is 55.4. The topological polar surface area (TPSA) is 38.1 Å². The monoisotopic (exact) mass is 368 g/mol. The molecule has 130 valence electrons. The van der Waals surface area contributed by atoms with Gasteiger partial charge in [0.1, 0.15) is 11.6 Å². The smallest absolute Gasteiger partial charge is 0.173 e. The van der Waals surface area contributed by atoms with E-state index < -0.39 is 28.8 Å². The third kappa shape index (κ3) is 3.54. The molecular formula is C17H12F4N2OS. The second kappa shape index (κ2) is 7.28. The van der Waals surface area contributed by atoms with Crippen LogP contribution in [0.2, 0.25) is 0 Å². The first-order chi connectivity index (χ1) is 12.0. The van der Waals surface area contributed by atoms with Crippen LogP contribution in [-0.4, -0.2) is 14.7 Å². The average Bonchev–Trinajstić information content (AvgIpc) is 3.02. The molecule has 0 saturated heterocycles. The highest BCUT2D eigenvalue weighted by Crippen LogP contribution is 2.29. The van der Waals surface area contributed by atoms with Crippen molar-refractivity contribution in [2.24, 2.45) is 0 Å². The number of nitrogens with zero attached hydrogens (tertiary/aromatic N) is 2. The highest BCUT2D eigenvalue weighted by Gasteiger charge is 2.17. The summed E-state index contributed by atoms with van der Waals surface area (Å²) in [5.41, 5.74) is 0.559. The van der Waals surface area contributed by atoms with E-state index >= 15 is 0 Å². The zero-order valence-electron chi connectivity index (χ0n) is 12.7. The Morgan fingerprint density at radius 3 is 2.32 bits per heavy atom. The summed E-state index contributed by atoms with van der Waals surface area (Å²) in [7, 11) is 0. The third-order valence-electron chi connectivity index (χ3n) is 3.53. The van der Waals surface area contributed by atoms with Crippen LogP contribution in [0.5, 0.6) is 0 Å². The number of aliphatic hydroxyl groups excluding tert-OH is 1. The van der Waals surface area contributed by atoms with Gasteiger partial charge in [-0.05, 0) is 36.4 Å². The molecule has 3 rings (SSSR count). The maximum Gasteiger partial charge on any atom is 0.173 e. The van der Waals surface area contributed by atoms with Crippen LogP contribution >= 0.6 is 11.8 Å². The number of benzene rings is 2. The molecule has 3 aromatic rings. The second-order valence-electron chi connectivity index (χ2n) is 5.11. The maximum atomic E-state index is 13.8. The van der Waals surface area contributed by atoms with Crippen LogP contribution in [0.4, 0.5) is 17.6 Å². The predicted octanol–water partition coefficient (Wildman–Crippen LogP) is 4.21. The van der Waals surface area contributed by atoms with Crippen LogP contribution in [0.3, 0.4) is 0 Å². The van der Waals surface area contributed by atoms with Crippen molar-refractivity contribution in [3.8, 4) is 5.69 Å². The summed E-state index contributed by atoms with van der Waals surface area (Å²) in [5, 5.41) is 9.78. The van der Waals surface area contributed by atoms with E-state index in [1.807, 2.05) is 0 Å². The summed E-state index contributed by atoms with van der Waals surface area (Å²) in [6.45, 7) is -0.326. The molecule has 0 bridgehead atoms. The van der Waals surface area contributed by atoms with Crippen molar-refractivity contribution in [1.82, 2.24) is 9.55 Å². The highest BCUT2D eigenvalue weighted by atomic mass is 32.2. The van der Waals surface area contributed by atoms with Gasteiger partial charge in [0, 0.05) is 17.0 Å². The molecule has 1 aromatic heterocycles. The molecule has 0 saturated carbocycles.